The number of hydrogen-bond acceptors (Lipinski definition) is 1. The van der Waals surface area contributed by atoms with E-state index in [1.807, 2.05) is 39.0 Å². The molecule has 13 heavy (non-hydrogen) atoms. The summed E-state index contributed by atoms with van der Waals surface area (Å²) in [7, 11) is 3.50. The van der Waals surface area contributed by atoms with Crippen molar-refractivity contribution >= 4 is 38.0 Å². The minimum Gasteiger partial charge on any atom is -0.488 e. The molecule has 1 nitrogen and oxygen atoms in total. The fraction of sp³-hybridized carbons (Fsp3) is 0.400. The van der Waals surface area contributed by atoms with Gasteiger partial charge in [0.25, 0.3) is 0 Å². The minimum atomic E-state index is -0.129. The van der Waals surface area contributed by atoms with Gasteiger partial charge in [0.05, 0.1) is 10.2 Å². The minimum absolute atomic E-state index is 0.129. The quantitative estimate of drug-likeness (QED) is 0.571. The molecule has 3 radical (unpaired) electrons. The summed E-state index contributed by atoms with van der Waals surface area (Å²) in [5.74, 6) is 0.916. The number of halogens is 1. The van der Waals surface area contributed by atoms with Gasteiger partial charge in [-0.1, -0.05) is 11.3 Å². The normalized spacial score (nSPS) is 11.5. The molecule has 0 saturated carbocycles. The van der Waals surface area contributed by atoms with Gasteiger partial charge in [0, 0.05) is 3.57 Å². The molecule has 0 aliphatic rings. The van der Waals surface area contributed by atoms with Crippen LogP contribution >= 0.6 is 22.6 Å². The summed E-state index contributed by atoms with van der Waals surface area (Å²) in [6.07, 6.45) is 0. The molecule has 69 valence electrons. The van der Waals surface area contributed by atoms with E-state index in [1.165, 1.54) is 0 Å². The van der Waals surface area contributed by atoms with Gasteiger partial charge in [0.15, 0.2) is 0 Å². The van der Waals surface area contributed by atoms with Crippen molar-refractivity contribution in [2.75, 3.05) is 0 Å². The van der Waals surface area contributed by atoms with E-state index in [0.717, 1.165) is 14.5 Å². The maximum absolute atomic E-state index is 5.71. The molecule has 0 amide bonds. The van der Waals surface area contributed by atoms with Crippen LogP contribution in [0.2, 0.25) is 0 Å². The van der Waals surface area contributed by atoms with E-state index in [9.17, 15) is 0 Å². The van der Waals surface area contributed by atoms with Crippen LogP contribution in [-0.2, 0) is 0 Å². The molecule has 0 atom stereocenters. The Kier molecular flexibility index (Phi) is 3.40. The van der Waals surface area contributed by atoms with Crippen molar-refractivity contribution in [3.63, 3.8) is 0 Å². The Morgan fingerprint density at radius 3 is 2.38 bits per heavy atom. The molecule has 1 aromatic rings. The van der Waals surface area contributed by atoms with Crippen LogP contribution in [0.25, 0.3) is 0 Å². The van der Waals surface area contributed by atoms with Crippen molar-refractivity contribution in [2.24, 2.45) is 0 Å². The molecule has 1 aromatic carbocycles. The number of benzene rings is 1. The zero-order valence-corrected chi connectivity index (χ0v) is 11.2. The molecular weight excluding hydrogens is 291 g/mol. The lowest BCUT2D eigenvalue weighted by molar-refractivity contribution is 0.131. The molecule has 0 bridgehead atoms. The summed E-state index contributed by atoms with van der Waals surface area (Å²) in [5, 5.41) is 1.10. The molecule has 0 aromatic heterocycles. The first-order valence-corrected chi connectivity index (χ1v) is 5.66. The number of ether oxygens (including phenoxy) is 1. The molecule has 0 aliphatic carbocycles. The van der Waals surface area contributed by atoms with Crippen molar-refractivity contribution in [1.29, 1.82) is 0 Å². The lowest BCUT2D eigenvalue weighted by Gasteiger charge is -2.21. The molecule has 0 unspecified atom stereocenters. The lowest BCUT2D eigenvalue weighted by atomic mass is 10.2. The van der Waals surface area contributed by atoms with Crippen LogP contribution in [0.5, 0.6) is 5.75 Å². The van der Waals surface area contributed by atoms with Crippen molar-refractivity contribution in [3.8, 4) is 5.75 Å². The van der Waals surface area contributed by atoms with Crippen LogP contribution in [-0.4, -0.2) is 15.8 Å². The summed E-state index contributed by atoms with van der Waals surface area (Å²) >= 11 is 2.27. The predicted molar refractivity (Wildman–Crippen MR) is 64.9 cm³/mol. The van der Waals surface area contributed by atoms with Gasteiger partial charge in [0.2, 0.25) is 0 Å². The predicted octanol–water partition coefficient (Wildman–Crippen LogP) is 2.26. The molecule has 0 fully saturated rings. The van der Waals surface area contributed by atoms with Gasteiger partial charge >= 0.3 is 0 Å². The van der Waals surface area contributed by atoms with Gasteiger partial charge in [-0.15, -0.1) is 0 Å². The molecule has 0 heterocycles. The molecule has 0 N–H and O–H groups in total. The molecule has 0 aliphatic heterocycles. The smallest absolute Gasteiger partial charge is 0.121 e. The van der Waals surface area contributed by atoms with Crippen LogP contribution in [0.4, 0.5) is 0 Å². The van der Waals surface area contributed by atoms with Gasteiger partial charge < -0.3 is 4.74 Å². The van der Waals surface area contributed by atoms with E-state index in [-0.39, 0.29) is 5.60 Å². The van der Waals surface area contributed by atoms with Gasteiger partial charge in [0.1, 0.15) is 11.4 Å². The van der Waals surface area contributed by atoms with E-state index in [4.69, 9.17) is 4.74 Å². The van der Waals surface area contributed by atoms with E-state index in [1.54, 1.807) is 0 Å². The summed E-state index contributed by atoms with van der Waals surface area (Å²) in [6.45, 7) is 6.13. The van der Waals surface area contributed by atoms with E-state index < -0.39 is 0 Å². The Labute approximate surface area is 96.4 Å². The van der Waals surface area contributed by atoms with Gasteiger partial charge in [-0.05, 0) is 55.5 Å². The Balaban J connectivity index is 2.86. The average Bonchev–Trinajstić information content (AvgIpc) is 1.94. The van der Waals surface area contributed by atoms with Crippen LogP contribution in [0.3, 0.4) is 0 Å². The van der Waals surface area contributed by atoms with Gasteiger partial charge in [-0.25, -0.2) is 0 Å². The second-order valence-corrected chi connectivity index (χ2v) is 5.56. The first-order chi connectivity index (χ1) is 5.88. The van der Waals surface area contributed by atoms with Crippen molar-refractivity contribution in [2.45, 2.75) is 26.4 Å². The van der Waals surface area contributed by atoms with E-state index >= 15 is 0 Å². The highest BCUT2D eigenvalue weighted by Crippen LogP contribution is 2.18. The fourth-order valence-corrected chi connectivity index (χ4v) is 1.56. The Bertz CT molecular complexity index is 304. The van der Waals surface area contributed by atoms with Crippen LogP contribution in [0.15, 0.2) is 18.2 Å². The molecule has 1 rings (SSSR count). The largest absolute Gasteiger partial charge is 0.488 e. The first kappa shape index (κ1) is 11.0. The Morgan fingerprint density at radius 2 is 1.92 bits per heavy atom. The summed E-state index contributed by atoms with van der Waals surface area (Å²) in [6, 6.07) is 5.99. The zero-order chi connectivity index (χ0) is 10.1. The number of rotatable bonds is 1. The Morgan fingerprint density at radius 1 is 1.31 bits per heavy atom. The van der Waals surface area contributed by atoms with E-state index in [0.29, 0.717) is 0 Å². The van der Waals surface area contributed by atoms with Crippen molar-refractivity contribution < 1.29 is 4.74 Å². The zero-order valence-electron chi connectivity index (χ0n) is 8.02. The third kappa shape index (κ3) is 3.68. The van der Waals surface area contributed by atoms with Crippen LogP contribution < -0.4 is 9.92 Å². The first-order valence-electron chi connectivity index (χ1n) is 4.09. The van der Waals surface area contributed by atoms with Gasteiger partial charge in [-0.3, -0.25) is 0 Å². The topological polar surface area (TPSA) is 9.23 Å². The third-order valence-electron chi connectivity index (χ3n) is 1.36. The highest BCUT2D eigenvalue weighted by atomic mass is 127. The van der Waals surface area contributed by atoms with Crippen molar-refractivity contribution in [1.82, 2.24) is 0 Å². The second kappa shape index (κ2) is 4.00. The van der Waals surface area contributed by atoms with Crippen molar-refractivity contribution in [3.05, 3.63) is 21.8 Å². The highest BCUT2D eigenvalue weighted by Gasteiger charge is 2.11. The number of hydrogen-bond donors (Lipinski definition) is 0. The van der Waals surface area contributed by atoms with E-state index in [2.05, 4.69) is 32.8 Å². The third-order valence-corrected chi connectivity index (χ3v) is 3.20. The lowest BCUT2D eigenvalue weighted by Crippen LogP contribution is -2.23. The Hall–Kier alpha value is -0.0331. The maximum Gasteiger partial charge on any atom is 0.121 e. The SMILES string of the molecule is CC(C)(C)Oc1ccc([Si])c(I)c1. The van der Waals surface area contributed by atoms with Crippen LogP contribution in [0.1, 0.15) is 20.8 Å². The monoisotopic (exact) mass is 303 g/mol. The summed E-state index contributed by atoms with van der Waals surface area (Å²) in [4.78, 5) is 0. The molecule has 0 saturated heterocycles. The second-order valence-electron chi connectivity index (χ2n) is 3.86. The molecule has 0 spiro atoms. The average molecular weight is 303 g/mol. The maximum atomic E-state index is 5.71. The summed E-state index contributed by atoms with van der Waals surface area (Å²) < 4.78 is 6.87. The highest BCUT2D eigenvalue weighted by molar-refractivity contribution is 14.1. The van der Waals surface area contributed by atoms with Crippen LogP contribution in [0, 0.1) is 3.57 Å². The standard InChI is InChI=1S/C10H12IOSi/c1-10(2,3)12-7-4-5-9(13)8(11)6-7/h4-6H,1-3H3. The summed E-state index contributed by atoms with van der Waals surface area (Å²) in [5.41, 5.74) is -0.129. The molecule has 3 heteroatoms. The van der Waals surface area contributed by atoms with Gasteiger partial charge in [-0.2, -0.15) is 0 Å². The molecular formula is C10H12IOSi. The fourth-order valence-electron chi connectivity index (χ4n) is 0.913.